The zero-order chi connectivity index (χ0) is 31.6. The van der Waals surface area contributed by atoms with Gasteiger partial charge >= 0.3 is 12.0 Å². The summed E-state index contributed by atoms with van der Waals surface area (Å²) in [4.78, 5) is 25.7. The summed E-state index contributed by atoms with van der Waals surface area (Å²) in [6.07, 6.45) is -2.10. The first-order valence-electron chi connectivity index (χ1n) is 14.6. The number of phenols is 1. The van der Waals surface area contributed by atoms with Crippen LogP contribution in [0.3, 0.4) is 0 Å². The van der Waals surface area contributed by atoms with E-state index in [0.29, 0.717) is 24.3 Å². The fourth-order valence-corrected chi connectivity index (χ4v) is 5.11. The number of aliphatic hydroxyl groups is 2. The lowest BCUT2D eigenvalue weighted by molar-refractivity contribution is -0.276. The van der Waals surface area contributed by atoms with Crippen molar-refractivity contribution in [1.29, 1.82) is 0 Å². The third kappa shape index (κ3) is 9.01. The standard InChI is InChI=1S/C33H41N3O8/c1-4-42-30(40)17-34-33(41)35-26-14-12-24(13-15-26)32-43-29(19-36(3)18-28(39)25-6-5-7-27(38)16-25)21(2)31(44-32)23-10-8-22(20-37)9-11-23/h5-16,21,28-29,31-32,37-39H,4,17-20H2,1-3H3,(H2,34,35,41). The zero-order valence-electron chi connectivity index (χ0n) is 25.2. The van der Waals surface area contributed by atoms with Crippen LogP contribution in [-0.4, -0.2) is 71.6 Å². The quantitative estimate of drug-likeness (QED) is 0.192. The second-order valence-electron chi connectivity index (χ2n) is 10.9. The third-order valence-electron chi connectivity index (χ3n) is 7.49. The van der Waals surface area contributed by atoms with E-state index in [1.54, 1.807) is 55.5 Å². The van der Waals surface area contributed by atoms with Gasteiger partial charge in [0.15, 0.2) is 6.29 Å². The van der Waals surface area contributed by atoms with Crippen LogP contribution in [-0.2, 0) is 25.6 Å². The molecule has 5 atom stereocenters. The van der Waals surface area contributed by atoms with Crippen LogP contribution in [0.4, 0.5) is 10.5 Å². The highest BCUT2D eigenvalue weighted by molar-refractivity contribution is 5.91. The Morgan fingerprint density at radius 1 is 1.02 bits per heavy atom. The number of likely N-dealkylation sites (N-methyl/N-ethyl adjacent to an activating group) is 1. The molecule has 236 valence electrons. The first kappa shape index (κ1) is 32.9. The Hall–Kier alpha value is -4.00. The van der Waals surface area contributed by atoms with Crippen LogP contribution >= 0.6 is 0 Å². The number of amides is 2. The highest BCUT2D eigenvalue weighted by Crippen LogP contribution is 2.42. The third-order valence-corrected chi connectivity index (χ3v) is 7.49. The summed E-state index contributed by atoms with van der Waals surface area (Å²) in [5, 5.41) is 35.3. The predicted molar refractivity (Wildman–Crippen MR) is 164 cm³/mol. The number of hydrogen-bond acceptors (Lipinski definition) is 9. The maximum absolute atomic E-state index is 12.2. The van der Waals surface area contributed by atoms with Gasteiger partial charge in [-0.05, 0) is 54.9 Å². The Morgan fingerprint density at radius 2 is 1.73 bits per heavy atom. The summed E-state index contributed by atoms with van der Waals surface area (Å²) < 4.78 is 17.8. The van der Waals surface area contributed by atoms with Gasteiger partial charge in [-0.2, -0.15) is 0 Å². The number of carbonyl (C=O) groups excluding carboxylic acids is 2. The number of rotatable bonds is 12. The van der Waals surface area contributed by atoms with Crippen LogP contribution < -0.4 is 10.6 Å². The zero-order valence-corrected chi connectivity index (χ0v) is 25.2. The van der Waals surface area contributed by atoms with Crippen molar-refractivity contribution in [3.05, 3.63) is 95.1 Å². The summed E-state index contributed by atoms with van der Waals surface area (Å²) in [5.74, 6) is -0.480. The Kier molecular flexibility index (Phi) is 11.7. The van der Waals surface area contributed by atoms with E-state index in [9.17, 15) is 24.9 Å². The van der Waals surface area contributed by atoms with E-state index in [4.69, 9.17) is 14.2 Å². The summed E-state index contributed by atoms with van der Waals surface area (Å²) in [5.41, 5.74) is 3.65. The average molecular weight is 608 g/mol. The number of aliphatic hydroxyl groups excluding tert-OH is 2. The Labute approximate surface area is 257 Å². The molecule has 0 saturated carbocycles. The molecule has 3 aromatic carbocycles. The van der Waals surface area contributed by atoms with Gasteiger partial charge in [0.05, 0.1) is 31.5 Å². The van der Waals surface area contributed by atoms with Gasteiger partial charge in [0.2, 0.25) is 0 Å². The van der Waals surface area contributed by atoms with E-state index in [2.05, 4.69) is 17.6 Å². The highest BCUT2D eigenvalue weighted by atomic mass is 16.7. The summed E-state index contributed by atoms with van der Waals surface area (Å²) >= 11 is 0. The van der Waals surface area contributed by atoms with Crippen LogP contribution in [0.15, 0.2) is 72.8 Å². The number of anilines is 1. The minimum atomic E-state index is -0.797. The number of phenolic OH excluding ortho intramolecular Hbond substituents is 1. The second-order valence-corrected chi connectivity index (χ2v) is 10.9. The molecule has 11 nitrogen and oxygen atoms in total. The van der Waals surface area contributed by atoms with Crippen molar-refractivity contribution in [2.45, 2.75) is 45.1 Å². The van der Waals surface area contributed by atoms with Crippen molar-refractivity contribution >= 4 is 17.7 Å². The largest absolute Gasteiger partial charge is 0.508 e. The Balaban J connectivity index is 1.47. The van der Waals surface area contributed by atoms with Crippen molar-refractivity contribution in [2.75, 3.05) is 38.6 Å². The molecule has 4 rings (SSSR count). The van der Waals surface area contributed by atoms with Gasteiger partial charge in [-0.3, -0.25) is 4.79 Å². The van der Waals surface area contributed by atoms with E-state index >= 15 is 0 Å². The van der Waals surface area contributed by atoms with Gasteiger partial charge < -0.3 is 45.1 Å². The van der Waals surface area contributed by atoms with Crippen LogP contribution in [0, 0.1) is 5.92 Å². The van der Waals surface area contributed by atoms with Gasteiger partial charge in [-0.25, -0.2) is 4.79 Å². The molecule has 1 aliphatic rings. The van der Waals surface area contributed by atoms with Gasteiger partial charge in [0.25, 0.3) is 0 Å². The van der Waals surface area contributed by atoms with Crippen LogP contribution in [0.2, 0.25) is 0 Å². The molecular formula is C33H41N3O8. The number of ether oxygens (including phenoxy) is 3. The van der Waals surface area contributed by atoms with Gasteiger partial charge in [-0.15, -0.1) is 0 Å². The van der Waals surface area contributed by atoms with Gasteiger partial charge in [-0.1, -0.05) is 55.5 Å². The molecule has 1 fully saturated rings. The molecule has 2 amide bonds. The van der Waals surface area contributed by atoms with Gasteiger partial charge in [0.1, 0.15) is 12.3 Å². The van der Waals surface area contributed by atoms with Crippen molar-refractivity contribution < 1.29 is 39.1 Å². The number of aromatic hydroxyl groups is 1. The minimum Gasteiger partial charge on any atom is -0.508 e. The van der Waals surface area contributed by atoms with E-state index in [1.165, 1.54) is 0 Å². The normalized spacial score (nSPS) is 20.6. The SMILES string of the molecule is CCOC(=O)CNC(=O)Nc1ccc(C2OC(CN(C)CC(O)c3cccc(O)c3)C(C)C(c3ccc(CO)cc3)O2)cc1. The minimum absolute atomic E-state index is 0.0523. The van der Waals surface area contributed by atoms with Crippen molar-refractivity contribution in [1.82, 2.24) is 10.2 Å². The predicted octanol–water partition coefficient (Wildman–Crippen LogP) is 4.03. The van der Waals surface area contributed by atoms with Crippen molar-refractivity contribution in [3.63, 3.8) is 0 Å². The molecule has 1 aliphatic heterocycles. The first-order valence-corrected chi connectivity index (χ1v) is 14.6. The number of esters is 1. The van der Waals surface area contributed by atoms with Gasteiger partial charge in [0, 0.05) is 30.3 Å². The fourth-order valence-electron chi connectivity index (χ4n) is 5.11. The average Bonchev–Trinajstić information content (AvgIpc) is 3.01. The first-order chi connectivity index (χ1) is 21.2. The summed E-state index contributed by atoms with van der Waals surface area (Å²) in [7, 11) is 1.91. The molecule has 44 heavy (non-hydrogen) atoms. The Morgan fingerprint density at radius 3 is 2.39 bits per heavy atom. The number of nitrogens with one attached hydrogen (secondary N) is 2. The fraction of sp³-hybridized carbons (Fsp3) is 0.394. The van der Waals surface area contributed by atoms with Crippen LogP contribution in [0.1, 0.15) is 54.6 Å². The highest BCUT2D eigenvalue weighted by Gasteiger charge is 2.39. The monoisotopic (exact) mass is 607 g/mol. The molecule has 3 aromatic rings. The smallest absolute Gasteiger partial charge is 0.325 e. The molecule has 1 saturated heterocycles. The lowest BCUT2D eigenvalue weighted by atomic mass is 9.90. The molecule has 5 N–H and O–H groups in total. The molecule has 0 radical (unpaired) electrons. The van der Waals surface area contributed by atoms with E-state index in [1.807, 2.05) is 36.2 Å². The lowest BCUT2D eigenvalue weighted by Crippen LogP contribution is -2.44. The molecule has 0 spiro atoms. The topological polar surface area (TPSA) is 150 Å². The number of benzene rings is 3. The molecule has 11 heteroatoms. The maximum atomic E-state index is 12.2. The van der Waals surface area contributed by atoms with E-state index in [0.717, 1.165) is 16.7 Å². The van der Waals surface area contributed by atoms with Crippen molar-refractivity contribution in [3.8, 4) is 5.75 Å². The molecular weight excluding hydrogens is 566 g/mol. The number of nitrogens with zero attached hydrogens (tertiary/aromatic N) is 1. The lowest BCUT2D eigenvalue weighted by Gasteiger charge is -2.42. The maximum Gasteiger partial charge on any atom is 0.325 e. The molecule has 0 aliphatic carbocycles. The van der Waals surface area contributed by atoms with Crippen LogP contribution in [0.5, 0.6) is 5.75 Å². The number of hydrogen-bond donors (Lipinski definition) is 5. The molecule has 0 bridgehead atoms. The summed E-state index contributed by atoms with van der Waals surface area (Å²) in [6.45, 7) is 4.54. The molecule has 5 unspecified atom stereocenters. The molecule has 0 aromatic heterocycles. The summed E-state index contributed by atoms with van der Waals surface area (Å²) in [6, 6.07) is 20.8. The number of urea groups is 1. The number of carbonyl (C=O) groups is 2. The second kappa shape index (κ2) is 15.6. The molecule has 1 heterocycles. The van der Waals surface area contributed by atoms with Crippen LogP contribution in [0.25, 0.3) is 0 Å². The van der Waals surface area contributed by atoms with E-state index in [-0.39, 0.29) is 43.6 Å². The van der Waals surface area contributed by atoms with Crippen molar-refractivity contribution in [2.24, 2.45) is 5.92 Å². The Bertz CT molecular complexity index is 1370. The van der Waals surface area contributed by atoms with E-state index < -0.39 is 24.4 Å².